The van der Waals surface area contributed by atoms with Crippen LogP contribution in [-0.4, -0.2) is 60.3 Å². The summed E-state index contributed by atoms with van der Waals surface area (Å²) in [6, 6.07) is 3.27. The zero-order valence-corrected chi connectivity index (χ0v) is 18.1. The van der Waals surface area contributed by atoms with E-state index in [0.29, 0.717) is 17.6 Å². The van der Waals surface area contributed by atoms with E-state index in [1.165, 1.54) is 44.9 Å². The Morgan fingerprint density at radius 3 is 2.57 bits per heavy atom. The lowest BCUT2D eigenvalue weighted by Gasteiger charge is -2.39. The maximum atomic E-state index is 11.7. The molecule has 0 aliphatic heterocycles. The van der Waals surface area contributed by atoms with E-state index in [-0.39, 0.29) is 0 Å². The molecule has 2 aromatic heterocycles. The number of aromatic amines is 1. The Morgan fingerprint density at radius 2 is 1.96 bits per heavy atom. The average Bonchev–Trinajstić information content (AvgIpc) is 3.49. The van der Waals surface area contributed by atoms with Crippen LogP contribution in [0, 0.1) is 0 Å². The Balaban J connectivity index is 0.000000516. The number of aldehydes is 1. The van der Waals surface area contributed by atoms with Crippen LogP contribution in [0.1, 0.15) is 55.3 Å². The molecule has 0 bridgehead atoms. The predicted octanol–water partition coefficient (Wildman–Crippen LogP) is 4.05. The van der Waals surface area contributed by atoms with Crippen LogP contribution >= 0.6 is 11.9 Å². The van der Waals surface area contributed by atoms with E-state index in [9.17, 15) is 4.79 Å². The van der Waals surface area contributed by atoms with Crippen molar-refractivity contribution in [3.8, 4) is 0 Å². The third kappa shape index (κ3) is 5.07. The summed E-state index contributed by atoms with van der Waals surface area (Å²) in [4.78, 5) is 24.2. The van der Waals surface area contributed by atoms with Gasteiger partial charge in [0.25, 0.3) is 0 Å². The maximum absolute atomic E-state index is 11.7. The molecule has 6 nitrogen and oxygen atoms in total. The zero-order chi connectivity index (χ0) is 19.9. The van der Waals surface area contributed by atoms with E-state index in [2.05, 4.69) is 37.6 Å². The number of rotatable bonds is 7. The topological polar surface area (TPSA) is 64.3 Å². The van der Waals surface area contributed by atoms with Crippen molar-refractivity contribution < 1.29 is 4.79 Å². The first-order chi connectivity index (χ1) is 13.7. The van der Waals surface area contributed by atoms with Crippen molar-refractivity contribution >= 4 is 35.0 Å². The molecule has 2 aliphatic rings. The fourth-order valence-corrected chi connectivity index (χ4v) is 4.05. The van der Waals surface area contributed by atoms with Gasteiger partial charge in [-0.3, -0.25) is 14.4 Å². The Morgan fingerprint density at radius 1 is 1.25 bits per heavy atom. The Hall–Kier alpha value is -1.57. The normalized spacial score (nSPS) is 17.4. The van der Waals surface area contributed by atoms with Gasteiger partial charge in [0.1, 0.15) is 5.65 Å². The average molecular weight is 404 g/mol. The number of carbonyl (C=O) groups excluding carboxylic acids is 1. The van der Waals surface area contributed by atoms with Crippen LogP contribution in [-0.2, 0) is 0 Å². The fourth-order valence-electron chi connectivity index (χ4n) is 4.05. The van der Waals surface area contributed by atoms with E-state index in [0.717, 1.165) is 29.7 Å². The summed E-state index contributed by atoms with van der Waals surface area (Å²) in [5.74, 6) is 0. The second-order valence-electron chi connectivity index (χ2n) is 7.72. The SMILES string of the molecule is CN(CN(c1c(C=O)cnc2[nH]ccc12)C1CCCCC1)C1CC1.CNSC. The third-order valence-electron chi connectivity index (χ3n) is 5.77. The summed E-state index contributed by atoms with van der Waals surface area (Å²) >= 11 is 1.61. The molecule has 0 amide bonds. The first-order valence-corrected chi connectivity index (χ1v) is 11.5. The van der Waals surface area contributed by atoms with Crippen LogP contribution in [0.3, 0.4) is 0 Å². The van der Waals surface area contributed by atoms with Gasteiger partial charge in [-0.1, -0.05) is 31.2 Å². The number of hydrogen-bond donors (Lipinski definition) is 2. The minimum Gasteiger partial charge on any atom is -0.354 e. The van der Waals surface area contributed by atoms with Gasteiger partial charge in [0.15, 0.2) is 6.29 Å². The van der Waals surface area contributed by atoms with Crippen molar-refractivity contribution in [2.75, 3.05) is 31.9 Å². The summed E-state index contributed by atoms with van der Waals surface area (Å²) < 4.78 is 2.85. The monoisotopic (exact) mass is 403 g/mol. The molecule has 2 aliphatic carbocycles. The van der Waals surface area contributed by atoms with Crippen LogP contribution in [0.2, 0.25) is 0 Å². The van der Waals surface area contributed by atoms with Crippen molar-refractivity contribution in [2.45, 2.75) is 57.0 Å². The molecule has 0 aromatic carbocycles. The van der Waals surface area contributed by atoms with Crippen molar-refractivity contribution in [3.05, 3.63) is 24.0 Å². The van der Waals surface area contributed by atoms with Crippen LogP contribution in [0.25, 0.3) is 11.0 Å². The summed E-state index contributed by atoms with van der Waals surface area (Å²) in [6.07, 6.45) is 15.5. The van der Waals surface area contributed by atoms with Gasteiger partial charge in [0.2, 0.25) is 0 Å². The maximum Gasteiger partial charge on any atom is 0.153 e. The van der Waals surface area contributed by atoms with Gasteiger partial charge in [0, 0.05) is 29.9 Å². The van der Waals surface area contributed by atoms with Gasteiger partial charge < -0.3 is 9.88 Å². The molecule has 2 N–H and O–H groups in total. The van der Waals surface area contributed by atoms with Crippen LogP contribution in [0.15, 0.2) is 18.5 Å². The molecule has 2 fully saturated rings. The lowest BCUT2D eigenvalue weighted by molar-refractivity contribution is 0.112. The van der Waals surface area contributed by atoms with Gasteiger partial charge in [-0.15, -0.1) is 0 Å². The van der Waals surface area contributed by atoms with Crippen molar-refractivity contribution in [1.82, 2.24) is 19.6 Å². The number of hydrogen-bond acceptors (Lipinski definition) is 6. The highest BCUT2D eigenvalue weighted by Gasteiger charge is 2.31. The number of aromatic nitrogens is 2. The second-order valence-corrected chi connectivity index (χ2v) is 8.54. The van der Waals surface area contributed by atoms with Crippen LogP contribution in [0.5, 0.6) is 0 Å². The van der Waals surface area contributed by atoms with Gasteiger partial charge in [0.05, 0.1) is 17.9 Å². The number of nitrogens with one attached hydrogen (secondary N) is 2. The summed E-state index contributed by atoms with van der Waals surface area (Å²) in [6.45, 7) is 0.889. The van der Waals surface area contributed by atoms with Crippen molar-refractivity contribution in [3.63, 3.8) is 0 Å². The molecule has 2 saturated carbocycles. The van der Waals surface area contributed by atoms with E-state index >= 15 is 0 Å². The first kappa shape index (κ1) is 21.1. The lowest BCUT2D eigenvalue weighted by atomic mass is 9.93. The molecule has 0 atom stereocenters. The quantitative estimate of drug-likeness (QED) is 0.413. The molecule has 0 radical (unpaired) electrons. The molecule has 2 heterocycles. The molecule has 4 rings (SSSR count). The first-order valence-electron chi connectivity index (χ1n) is 10.3. The second kappa shape index (κ2) is 10.3. The minimum absolute atomic E-state index is 0.513. The van der Waals surface area contributed by atoms with Gasteiger partial charge in [-0.05, 0) is 52.1 Å². The van der Waals surface area contributed by atoms with Crippen molar-refractivity contribution in [1.29, 1.82) is 0 Å². The van der Waals surface area contributed by atoms with Gasteiger partial charge in [-0.25, -0.2) is 4.98 Å². The largest absolute Gasteiger partial charge is 0.354 e. The predicted molar refractivity (Wildman–Crippen MR) is 119 cm³/mol. The number of carbonyl (C=O) groups is 1. The molecule has 0 saturated heterocycles. The van der Waals surface area contributed by atoms with Crippen LogP contribution in [0.4, 0.5) is 5.69 Å². The van der Waals surface area contributed by atoms with E-state index in [4.69, 9.17) is 0 Å². The van der Waals surface area contributed by atoms with Gasteiger partial charge in [-0.2, -0.15) is 0 Å². The molecular weight excluding hydrogens is 370 g/mol. The smallest absolute Gasteiger partial charge is 0.153 e. The lowest BCUT2D eigenvalue weighted by Crippen LogP contribution is -2.45. The van der Waals surface area contributed by atoms with E-state index in [1.807, 2.05) is 19.5 Å². The number of anilines is 1. The highest BCUT2D eigenvalue weighted by atomic mass is 32.2. The third-order valence-corrected chi connectivity index (χ3v) is 6.17. The molecule has 154 valence electrons. The van der Waals surface area contributed by atoms with Crippen LogP contribution < -0.4 is 9.62 Å². The van der Waals surface area contributed by atoms with Gasteiger partial charge >= 0.3 is 0 Å². The number of nitrogens with zero attached hydrogens (tertiary/aromatic N) is 3. The number of fused-ring (bicyclic) bond motifs is 1. The molecule has 2 aromatic rings. The molecular formula is C21H33N5OS. The fraction of sp³-hybridized carbons (Fsp3) is 0.619. The molecule has 7 heteroatoms. The summed E-state index contributed by atoms with van der Waals surface area (Å²) in [7, 11) is 4.11. The summed E-state index contributed by atoms with van der Waals surface area (Å²) in [5, 5.41) is 1.06. The number of H-pyrrole nitrogens is 1. The highest BCUT2D eigenvalue weighted by Crippen LogP contribution is 2.35. The number of pyridine rings is 1. The Bertz CT molecular complexity index is 752. The minimum atomic E-state index is 0.513. The Labute approximate surface area is 172 Å². The molecule has 0 spiro atoms. The standard InChI is InChI=1S/C19H26N4O.C2H7NS/c1-22(15-7-8-15)13-23(16-5-3-2-4-6-16)18-14(12-24)11-21-19-17(18)9-10-20-19;1-3-4-2/h9-12,15-16H,2-8,13H2,1H3,(H,20,21);3H,1-2H3. The molecule has 0 unspecified atom stereocenters. The zero-order valence-electron chi connectivity index (χ0n) is 17.3. The highest BCUT2D eigenvalue weighted by molar-refractivity contribution is 7.96. The molecule has 28 heavy (non-hydrogen) atoms. The Kier molecular flexibility index (Phi) is 7.76. The van der Waals surface area contributed by atoms with Crippen molar-refractivity contribution in [2.24, 2.45) is 0 Å². The van der Waals surface area contributed by atoms with E-state index < -0.39 is 0 Å². The van der Waals surface area contributed by atoms with E-state index in [1.54, 1.807) is 18.1 Å². The summed E-state index contributed by atoms with van der Waals surface area (Å²) in [5.41, 5.74) is 2.64.